The zero-order chi connectivity index (χ0) is 21.6. The highest BCUT2D eigenvalue weighted by Gasteiger charge is 2.15. The summed E-state index contributed by atoms with van der Waals surface area (Å²) in [5, 5.41) is 12.2. The van der Waals surface area contributed by atoms with Crippen molar-refractivity contribution in [2.45, 2.75) is 26.2 Å². The monoisotopic (exact) mass is 415 g/mol. The predicted octanol–water partition coefficient (Wildman–Crippen LogP) is 2.77. The van der Waals surface area contributed by atoms with Gasteiger partial charge in [-0.25, -0.2) is 0 Å². The van der Waals surface area contributed by atoms with Crippen molar-refractivity contribution in [2.24, 2.45) is 0 Å². The molecule has 1 fully saturated rings. The summed E-state index contributed by atoms with van der Waals surface area (Å²) in [5.74, 6) is -0.380. The van der Waals surface area contributed by atoms with E-state index in [0.717, 1.165) is 18.7 Å². The fourth-order valence-electron chi connectivity index (χ4n) is 3.31. The largest absolute Gasteiger partial charge is 0.382 e. The first kappa shape index (κ1) is 23.9. The standard InChI is InChI=1S/C23H33N3O4/c1-19(20-6-8-21(9-7-20)26-11-4-3-5-12-26)22(18-24)23(27)25-10-13-29-16-17-30-15-14-28-2/h6-9H,3-5,10-17H2,1-2H3,(H,25,27)/b22-19-. The van der Waals surface area contributed by atoms with Gasteiger partial charge < -0.3 is 24.4 Å². The number of anilines is 1. The molecule has 1 heterocycles. The molecule has 0 radical (unpaired) electrons. The first-order valence-corrected chi connectivity index (χ1v) is 10.6. The molecule has 0 saturated carbocycles. The molecule has 0 spiro atoms. The van der Waals surface area contributed by atoms with Crippen LogP contribution >= 0.6 is 0 Å². The van der Waals surface area contributed by atoms with Crippen LogP contribution in [0.5, 0.6) is 0 Å². The van der Waals surface area contributed by atoms with Crippen LogP contribution in [0.4, 0.5) is 5.69 Å². The number of nitriles is 1. The van der Waals surface area contributed by atoms with Crippen molar-refractivity contribution in [3.63, 3.8) is 0 Å². The van der Waals surface area contributed by atoms with Crippen LogP contribution in [-0.4, -0.2) is 65.7 Å². The lowest BCUT2D eigenvalue weighted by atomic mass is 10.0. The maximum Gasteiger partial charge on any atom is 0.262 e. The zero-order valence-electron chi connectivity index (χ0n) is 18.1. The molecule has 0 aliphatic carbocycles. The van der Waals surface area contributed by atoms with Crippen LogP contribution in [0.25, 0.3) is 5.57 Å². The highest BCUT2D eigenvalue weighted by molar-refractivity contribution is 6.04. The van der Waals surface area contributed by atoms with Crippen molar-refractivity contribution in [3.05, 3.63) is 35.4 Å². The minimum absolute atomic E-state index is 0.128. The summed E-state index contributed by atoms with van der Waals surface area (Å²) < 4.78 is 15.6. The Bertz CT molecular complexity index is 719. The third kappa shape index (κ3) is 7.79. The average molecular weight is 416 g/mol. The van der Waals surface area contributed by atoms with Crippen LogP contribution in [0.1, 0.15) is 31.7 Å². The molecule has 0 unspecified atom stereocenters. The van der Waals surface area contributed by atoms with E-state index in [0.29, 0.717) is 45.2 Å². The fourth-order valence-corrected chi connectivity index (χ4v) is 3.31. The van der Waals surface area contributed by atoms with Crippen molar-refractivity contribution in [3.8, 4) is 6.07 Å². The van der Waals surface area contributed by atoms with Crippen LogP contribution in [0.3, 0.4) is 0 Å². The second-order valence-electron chi connectivity index (χ2n) is 7.18. The average Bonchev–Trinajstić information content (AvgIpc) is 2.79. The Balaban J connectivity index is 1.81. The SMILES string of the molecule is COCCOCCOCCNC(=O)/C(C#N)=C(/C)c1ccc(N2CCCCC2)cc1. The molecule has 7 heteroatoms. The summed E-state index contributed by atoms with van der Waals surface area (Å²) in [6, 6.07) is 10.1. The molecular formula is C23H33N3O4. The van der Waals surface area contributed by atoms with Crippen LogP contribution in [-0.2, 0) is 19.0 Å². The minimum atomic E-state index is -0.380. The second kappa shape index (κ2) is 13.8. The van der Waals surface area contributed by atoms with Gasteiger partial charge in [0, 0.05) is 32.4 Å². The number of rotatable bonds is 12. The molecule has 1 N–H and O–H groups in total. The van der Waals surface area contributed by atoms with Crippen molar-refractivity contribution in [2.75, 3.05) is 64.7 Å². The van der Waals surface area contributed by atoms with E-state index in [2.05, 4.69) is 22.3 Å². The maximum absolute atomic E-state index is 12.4. The predicted molar refractivity (Wildman–Crippen MR) is 117 cm³/mol. The third-order valence-corrected chi connectivity index (χ3v) is 5.07. The number of ether oxygens (including phenoxy) is 3. The summed E-state index contributed by atoms with van der Waals surface area (Å²) in [7, 11) is 1.62. The highest BCUT2D eigenvalue weighted by atomic mass is 16.5. The molecule has 1 aromatic rings. The van der Waals surface area contributed by atoms with Crippen LogP contribution in [0.2, 0.25) is 0 Å². The Morgan fingerprint density at radius 3 is 2.30 bits per heavy atom. The lowest BCUT2D eigenvalue weighted by Crippen LogP contribution is -2.29. The van der Waals surface area contributed by atoms with Gasteiger partial charge in [0.25, 0.3) is 5.91 Å². The van der Waals surface area contributed by atoms with E-state index in [1.807, 2.05) is 25.1 Å². The van der Waals surface area contributed by atoms with Gasteiger partial charge in [0.2, 0.25) is 0 Å². The number of nitrogens with one attached hydrogen (secondary N) is 1. The van der Waals surface area contributed by atoms with Gasteiger partial charge in [-0.05, 0) is 49.5 Å². The minimum Gasteiger partial charge on any atom is -0.382 e. The molecule has 7 nitrogen and oxygen atoms in total. The van der Waals surface area contributed by atoms with E-state index in [1.165, 1.54) is 24.9 Å². The topological polar surface area (TPSA) is 83.8 Å². The summed E-state index contributed by atoms with van der Waals surface area (Å²) in [5.41, 5.74) is 2.88. The number of benzene rings is 1. The van der Waals surface area contributed by atoms with Crippen LogP contribution < -0.4 is 10.2 Å². The van der Waals surface area contributed by atoms with Gasteiger partial charge in [0.05, 0.1) is 33.0 Å². The normalized spacial score (nSPS) is 14.8. The lowest BCUT2D eigenvalue weighted by Gasteiger charge is -2.28. The Morgan fingerprint density at radius 2 is 1.67 bits per heavy atom. The van der Waals surface area contributed by atoms with E-state index in [4.69, 9.17) is 14.2 Å². The van der Waals surface area contributed by atoms with Crippen molar-refractivity contribution < 1.29 is 19.0 Å². The number of piperidine rings is 1. The summed E-state index contributed by atoms with van der Waals surface area (Å²) >= 11 is 0. The van der Waals surface area contributed by atoms with Gasteiger partial charge in [-0.3, -0.25) is 4.79 Å². The van der Waals surface area contributed by atoms with E-state index < -0.39 is 0 Å². The van der Waals surface area contributed by atoms with Gasteiger partial charge >= 0.3 is 0 Å². The number of methoxy groups -OCH3 is 1. The van der Waals surface area contributed by atoms with E-state index in [9.17, 15) is 10.1 Å². The van der Waals surface area contributed by atoms with Crippen molar-refractivity contribution in [1.82, 2.24) is 5.32 Å². The molecular weight excluding hydrogens is 382 g/mol. The molecule has 1 saturated heterocycles. The van der Waals surface area contributed by atoms with Gasteiger partial charge in [0.15, 0.2) is 0 Å². The van der Waals surface area contributed by atoms with Gasteiger partial charge in [-0.1, -0.05) is 12.1 Å². The number of amides is 1. The Morgan fingerprint density at radius 1 is 1.03 bits per heavy atom. The Kier molecular flexibility index (Phi) is 10.9. The second-order valence-corrected chi connectivity index (χ2v) is 7.18. The quantitative estimate of drug-likeness (QED) is 0.321. The highest BCUT2D eigenvalue weighted by Crippen LogP contribution is 2.24. The van der Waals surface area contributed by atoms with Crippen LogP contribution in [0.15, 0.2) is 29.8 Å². The fraction of sp³-hybridized carbons (Fsp3) is 0.565. The number of nitrogens with zero attached hydrogens (tertiary/aromatic N) is 2. The van der Waals surface area contributed by atoms with E-state index >= 15 is 0 Å². The van der Waals surface area contributed by atoms with E-state index in [-0.39, 0.29) is 11.5 Å². The van der Waals surface area contributed by atoms with Gasteiger partial charge in [-0.2, -0.15) is 5.26 Å². The molecule has 2 rings (SSSR count). The molecule has 0 atom stereocenters. The summed E-state index contributed by atoms with van der Waals surface area (Å²) in [4.78, 5) is 14.8. The number of allylic oxidation sites excluding steroid dienone is 1. The third-order valence-electron chi connectivity index (χ3n) is 5.07. The van der Waals surface area contributed by atoms with Gasteiger partial charge in [0.1, 0.15) is 11.6 Å². The molecule has 30 heavy (non-hydrogen) atoms. The van der Waals surface area contributed by atoms with Gasteiger partial charge in [-0.15, -0.1) is 0 Å². The van der Waals surface area contributed by atoms with Crippen molar-refractivity contribution >= 4 is 17.2 Å². The molecule has 1 amide bonds. The maximum atomic E-state index is 12.4. The summed E-state index contributed by atoms with van der Waals surface area (Å²) in [6.07, 6.45) is 3.75. The number of hydrogen-bond acceptors (Lipinski definition) is 6. The summed E-state index contributed by atoms with van der Waals surface area (Å²) in [6.45, 7) is 6.69. The first-order valence-electron chi connectivity index (χ1n) is 10.6. The molecule has 1 aliphatic rings. The number of carbonyl (C=O) groups excluding carboxylic acids is 1. The van der Waals surface area contributed by atoms with Crippen LogP contribution in [0, 0.1) is 11.3 Å². The lowest BCUT2D eigenvalue weighted by molar-refractivity contribution is -0.117. The number of hydrogen-bond donors (Lipinski definition) is 1. The molecule has 164 valence electrons. The van der Waals surface area contributed by atoms with Crippen molar-refractivity contribution in [1.29, 1.82) is 5.26 Å². The molecule has 0 aromatic heterocycles. The molecule has 1 aliphatic heterocycles. The number of carbonyl (C=O) groups is 1. The first-order chi connectivity index (χ1) is 14.7. The Labute approximate surface area is 179 Å². The zero-order valence-corrected chi connectivity index (χ0v) is 18.1. The molecule has 0 bridgehead atoms. The Hall–Kier alpha value is -2.40. The smallest absolute Gasteiger partial charge is 0.262 e. The molecule has 1 aromatic carbocycles. The van der Waals surface area contributed by atoms with E-state index in [1.54, 1.807) is 7.11 Å².